The van der Waals surface area contributed by atoms with Crippen molar-refractivity contribution in [3.05, 3.63) is 70.5 Å². The third kappa shape index (κ3) is 2.67. The van der Waals surface area contributed by atoms with E-state index in [-0.39, 0.29) is 11.2 Å². The molecular formula is C16H14N4O. The highest BCUT2D eigenvalue weighted by Gasteiger charge is 2.12. The summed E-state index contributed by atoms with van der Waals surface area (Å²) in [6.45, 7) is 1.98. The first kappa shape index (κ1) is 13.1. The van der Waals surface area contributed by atoms with E-state index >= 15 is 0 Å². The zero-order valence-electron chi connectivity index (χ0n) is 11.5. The summed E-state index contributed by atoms with van der Waals surface area (Å²) < 4.78 is 0. The number of H-pyrrole nitrogens is 2. The van der Waals surface area contributed by atoms with Crippen LogP contribution in [0.2, 0.25) is 0 Å². The third-order valence-corrected chi connectivity index (χ3v) is 3.19. The summed E-state index contributed by atoms with van der Waals surface area (Å²) in [5.74, 6) is 0. The number of aromatic amines is 2. The minimum atomic E-state index is -0.284. The van der Waals surface area contributed by atoms with Gasteiger partial charge in [0, 0.05) is 5.56 Å². The van der Waals surface area contributed by atoms with Gasteiger partial charge >= 0.3 is 0 Å². The molecule has 21 heavy (non-hydrogen) atoms. The number of nitrogens with one attached hydrogen (secondary N) is 2. The second-order valence-corrected chi connectivity index (χ2v) is 4.65. The number of azo groups is 1. The molecule has 0 aliphatic rings. The molecule has 0 saturated heterocycles. The van der Waals surface area contributed by atoms with Crippen molar-refractivity contribution in [2.24, 2.45) is 10.2 Å². The standard InChI is InChI=1S/C16H14N4O/c1-11-7-5-6-10-13(11)14-15(16(21)20-18-14)19-17-12-8-3-2-4-9-12/h2-10H,1H3,(H2,18,20,21). The summed E-state index contributed by atoms with van der Waals surface area (Å²) in [7, 11) is 0. The predicted octanol–water partition coefficient (Wildman–Crippen LogP) is 4.09. The maximum atomic E-state index is 11.9. The van der Waals surface area contributed by atoms with E-state index in [1.54, 1.807) is 0 Å². The summed E-state index contributed by atoms with van der Waals surface area (Å²) >= 11 is 0. The summed E-state index contributed by atoms with van der Waals surface area (Å²) in [5, 5.41) is 13.7. The first-order valence-corrected chi connectivity index (χ1v) is 6.59. The molecule has 104 valence electrons. The number of aryl methyl sites for hydroxylation is 1. The molecule has 2 aromatic carbocycles. The lowest BCUT2D eigenvalue weighted by molar-refractivity contribution is 1.06. The van der Waals surface area contributed by atoms with Gasteiger partial charge in [0.05, 0.1) is 11.4 Å². The van der Waals surface area contributed by atoms with Crippen LogP contribution in [0.5, 0.6) is 0 Å². The van der Waals surface area contributed by atoms with Crippen LogP contribution in [0.4, 0.5) is 11.4 Å². The van der Waals surface area contributed by atoms with Gasteiger partial charge in [0.15, 0.2) is 5.69 Å². The Hall–Kier alpha value is -2.95. The number of hydrogen-bond acceptors (Lipinski definition) is 3. The molecule has 0 aliphatic carbocycles. The van der Waals surface area contributed by atoms with Gasteiger partial charge in [0.2, 0.25) is 0 Å². The van der Waals surface area contributed by atoms with E-state index in [4.69, 9.17) is 0 Å². The normalized spacial score (nSPS) is 11.1. The van der Waals surface area contributed by atoms with Gasteiger partial charge in [-0.05, 0) is 24.6 Å². The van der Waals surface area contributed by atoms with Gasteiger partial charge in [-0.1, -0.05) is 42.5 Å². The van der Waals surface area contributed by atoms with E-state index in [1.165, 1.54) is 0 Å². The molecule has 5 nitrogen and oxygen atoms in total. The average Bonchev–Trinajstić information content (AvgIpc) is 2.88. The average molecular weight is 278 g/mol. The molecule has 0 atom stereocenters. The lowest BCUT2D eigenvalue weighted by atomic mass is 10.1. The predicted molar refractivity (Wildman–Crippen MR) is 82.2 cm³/mol. The van der Waals surface area contributed by atoms with Crippen LogP contribution in [0.15, 0.2) is 69.6 Å². The molecule has 0 saturated carbocycles. The third-order valence-electron chi connectivity index (χ3n) is 3.19. The van der Waals surface area contributed by atoms with Crippen LogP contribution in [0.3, 0.4) is 0 Å². The lowest BCUT2D eigenvalue weighted by Crippen LogP contribution is -1.96. The van der Waals surface area contributed by atoms with E-state index in [0.717, 1.165) is 11.1 Å². The Morgan fingerprint density at radius 3 is 2.33 bits per heavy atom. The maximum absolute atomic E-state index is 11.9. The number of aromatic nitrogens is 2. The first-order valence-electron chi connectivity index (χ1n) is 6.59. The lowest BCUT2D eigenvalue weighted by Gasteiger charge is -2.02. The number of benzene rings is 2. The Morgan fingerprint density at radius 2 is 1.57 bits per heavy atom. The minimum absolute atomic E-state index is 0.284. The Labute approximate surface area is 121 Å². The highest BCUT2D eigenvalue weighted by molar-refractivity contribution is 5.73. The van der Waals surface area contributed by atoms with Gasteiger partial charge in [0.25, 0.3) is 5.56 Å². The van der Waals surface area contributed by atoms with Gasteiger partial charge in [-0.2, -0.15) is 5.11 Å². The highest BCUT2D eigenvalue weighted by Crippen LogP contribution is 2.28. The van der Waals surface area contributed by atoms with Crippen LogP contribution in [0.25, 0.3) is 11.3 Å². The van der Waals surface area contributed by atoms with Crippen LogP contribution in [0, 0.1) is 6.92 Å². The largest absolute Gasteiger partial charge is 0.295 e. The molecule has 0 fully saturated rings. The van der Waals surface area contributed by atoms with Crippen molar-refractivity contribution in [1.29, 1.82) is 0 Å². The molecule has 1 aromatic heterocycles. The van der Waals surface area contributed by atoms with Gasteiger partial charge in [-0.3, -0.25) is 15.0 Å². The maximum Gasteiger partial charge on any atom is 0.292 e. The van der Waals surface area contributed by atoms with Crippen LogP contribution < -0.4 is 5.56 Å². The number of nitrogens with zero attached hydrogens (tertiary/aromatic N) is 2. The molecule has 1 heterocycles. The molecule has 5 heteroatoms. The fourth-order valence-corrected chi connectivity index (χ4v) is 2.10. The minimum Gasteiger partial charge on any atom is -0.295 e. The Balaban J connectivity index is 2.05. The van der Waals surface area contributed by atoms with Crippen molar-refractivity contribution in [2.75, 3.05) is 0 Å². The van der Waals surface area contributed by atoms with Crippen molar-refractivity contribution >= 4 is 11.4 Å². The zero-order chi connectivity index (χ0) is 14.7. The summed E-state index contributed by atoms with van der Waals surface area (Å²) in [4.78, 5) is 11.9. The van der Waals surface area contributed by atoms with E-state index in [0.29, 0.717) is 11.4 Å². The smallest absolute Gasteiger partial charge is 0.292 e. The molecule has 3 aromatic rings. The van der Waals surface area contributed by atoms with E-state index < -0.39 is 0 Å². The van der Waals surface area contributed by atoms with Crippen LogP contribution >= 0.6 is 0 Å². The van der Waals surface area contributed by atoms with Crippen LogP contribution in [-0.2, 0) is 0 Å². The highest BCUT2D eigenvalue weighted by atomic mass is 16.1. The molecular weight excluding hydrogens is 264 g/mol. The van der Waals surface area contributed by atoms with Crippen molar-refractivity contribution in [3.63, 3.8) is 0 Å². The Kier molecular flexibility index (Phi) is 3.47. The second-order valence-electron chi connectivity index (χ2n) is 4.65. The fraction of sp³-hybridized carbons (Fsp3) is 0.0625. The second kappa shape index (κ2) is 5.58. The van der Waals surface area contributed by atoms with Gasteiger partial charge in [0.1, 0.15) is 0 Å². The molecule has 0 amide bonds. The van der Waals surface area contributed by atoms with Crippen LogP contribution in [-0.4, -0.2) is 10.2 Å². The van der Waals surface area contributed by atoms with Gasteiger partial charge < -0.3 is 0 Å². The molecule has 0 radical (unpaired) electrons. The molecule has 0 aliphatic heterocycles. The number of hydrogen-bond donors (Lipinski definition) is 2. The quantitative estimate of drug-likeness (QED) is 0.696. The van der Waals surface area contributed by atoms with E-state index in [1.807, 2.05) is 61.5 Å². The molecule has 0 unspecified atom stereocenters. The van der Waals surface area contributed by atoms with Gasteiger partial charge in [-0.15, -0.1) is 5.11 Å². The van der Waals surface area contributed by atoms with Crippen molar-refractivity contribution in [2.45, 2.75) is 6.92 Å². The van der Waals surface area contributed by atoms with Gasteiger partial charge in [-0.25, -0.2) is 0 Å². The number of rotatable bonds is 3. The molecule has 3 rings (SSSR count). The van der Waals surface area contributed by atoms with E-state index in [2.05, 4.69) is 20.4 Å². The first-order chi connectivity index (χ1) is 10.3. The summed E-state index contributed by atoms with van der Waals surface area (Å²) in [5.41, 5.74) is 3.34. The Morgan fingerprint density at radius 1 is 0.857 bits per heavy atom. The van der Waals surface area contributed by atoms with Crippen molar-refractivity contribution in [3.8, 4) is 11.3 Å². The van der Waals surface area contributed by atoms with Crippen LogP contribution in [0.1, 0.15) is 5.56 Å². The molecule has 0 spiro atoms. The van der Waals surface area contributed by atoms with Crippen molar-refractivity contribution in [1.82, 2.24) is 10.2 Å². The monoisotopic (exact) mass is 278 g/mol. The molecule has 0 bridgehead atoms. The fourth-order valence-electron chi connectivity index (χ4n) is 2.10. The summed E-state index contributed by atoms with van der Waals surface area (Å²) in [6, 6.07) is 17.1. The molecule has 2 N–H and O–H groups in total. The summed E-state index contributed by atoms with van der Waals surface area (Å²) in [6.07, 6.45) is 0. The Bertz CT molecular complexity index is 831. The zero-order valence-corrected chi connectivity index (χ0v) is 11.5. The topological polar surface area (TPSA) is 73.4 Å². The van der Waals surface area contributed by atoms with E-state index in [9.17, 15) is 4.79 Å². The van der Waals surface area contributed by atoms with Crippen molar-refractivity contribution < 1.29 is 0 Å². The SMILES string of the molecule is Cc1ccccc1-c1[nH][nH]c(=O)c1N=Nc1ccccc1.